The van der Waals surface area contributed by atoms with Gasteiger partial charge >= 0.3 is 0 Å². The minimum atomic E-state index is 0.00486. The molecular weight excluding hydrogens is 202 g/mol. The molecule has 1 aliphatic heterocycles. The van der Waals surface area contributed by atoms with Gasteiger partial charge in [-0.15, -0.1) is 12.3 Å². The molecule has 1 saturated heterocycles. The molecule has 4 heteroatoms. The summed E-state index contributed by atoms with van der Waals surface area (Å²) in [4.78, 5) is 2.43. The lowest BCUT2D eigenvalue weighted by Gasteiger charge is -2.47. The molecule has 4 nitrogen and oxygen atoms in total. The van der Waals surface area contributed by atoms with Crippen molar-refractivity contribution in [3.8, 4) is 12.3 Å². The third-order valence-corrected chi connectivity index (χ3v) is 3.72. The summed E-state index contributed by atoms with van der Waals surface area (Å²) in [5, 5.41) is 0. The quantitative estimate of drug-likeness (QED) is 0.402. The first-order valence-electron chi connectivity index (χ1n) is 5.91. The Hall–Kier alpha value is -0.600. The monoisotopic (exact) mass is 225 g/mol. The van der Waals surface area contributed by atoms with Crippen LogP contribution < -0.4 is 11.3 Å². The molecule has 0 aromatic heterocycles. The van der Waals surface area contributed by atoms with E-state index in [4.69, 9.17) is 17.0 Å². The van der Waals surface area contributed by atoms with E-state index in [2.05, 4.69) is 30.1 Å². The molecule has 0 aromatic rings. The summed E-state index contributed by atoms with van der Waals surface area (Å²) in [5.41, 5.74) is 2.87. The Labute approximate surface area is 98.5 Å². The summed E-state index contributed by atoms with van der Waals surface area (Å²) in [6.45, 7) is 7.89. The minimum absolute atomic E-state index is 0.00486. The first-order chi connectivity index (χ1) is 7.69. The Morgan fingerprint density at radius 1 is 1.56 bits per heavy atom. The molecule has 0 radical (unpaired) electrons. The normalized spacial score (nSPS) is 23.4. The lowest BCUT2D eigenvalue weighted by Crippen LogP contribution is -2.62. The van der Waals surface area contributed by atoms with Crippen molar-refractivity contribution in [2.24, 2.45) is 5.84 Å². The maximum atomic E-state index is 5.62. The minimum Gasteiger partial charge on any atom is -0.379 e. The van der Waals surface area contributed by atoms with Crippen molar-refractivity contribution in [3.05, 3.63) is 0 Å². The highest BCUT2D eigenvalue weighted by atomic mass is 16.5. The molecule has 0 aliphatic carbocycles. The molecule has 1 heterocycles. The van der Waals surface area contributed by atoms with Gasteiger partial charge < -0.3 is 4.74 Å². The largest absolute Gasteiger partial charge is 0.379 e. The fraction of sp³-hybridized carbons (Fsp3) is 0.833. The maximum absolute atomic E-state index is 5.62. The zero-order chi connectivity index (χ0) is 12.0. The third-order valence-electron chi connectivity index (χ3n) is 3.72. The van der Waals surface area contributed by atoms with Crippen LogP contribution in [-0.4, -0.2) is 42.8 Å². The van der Waals surface area contributed by atoms with Crippen LogP contribution >= 0.6 is 0 Å². The van der Waals surface area contributed by atoms with Crippen molar-refractivity contribution in [1.82, 2.24) is 10.3 Å². The smallest absolute Gasteiger partial charge is 0.0594 e. The standard InChI is InChI=1S/C12H23N3O/c1-4-6-11(14-13)12(3,5-2)15-7-9-16-10-8-15/h1,11,14H,5-10,13H2,2-3H3. The number of nitrogens with one attached hydrogen (secondary N) is 1. The van der Waals surface area contributed by atoms with Gasteiger partial charge in [0.25, 0.3) is 0 Å². The molecular formula is C12H23N3O. The number of hydrogen-bond donors (Lipinski definition) is 2. The Morgan fingerprint density at radius 2 is 2.19 bits per heavy atom. The topological polar surface area (TPSA) is 50.5 Å². The molecule has 16 heavy (non-hydrogen) atoms. The second kappa shape index (κ2) is 6.21. The first-order valence-corrected chi connectivity index (χ1v) is 5.91. The van der Waals surface area contributed by atoms with Crippen LogP contribution in [0.2, 0.25) is 0 Å². The van der Waals surface area contributed by atoms with Crippen LogP contribution in [0.25, 0.3) is 0 Å². The number of ether oxygens (including phenoxy) is 1. The average Bonchev–Trinajstić information content (AvgIpc) is 2.36. The van der Waals surface area contributed by atoms with E-state index in [0.29, 0.717) is 6.42 Å². The van der Waals surface area contributed by atoms with Gasteiger partial charge in [-0.25, -0.2) is 0 Å². The summed E-state index contributed by atoms with van der Waals surface area (Å²) in [5.74, 6) is 8.32. The van der Waals surface area contributed by atoms with Crippen LogP contribution in [0.5, 0.6) is 0 Å². The van der Waals surface area contributed by atoms with Crippen molar-refractivity contribution in [2.45, 2.75) is 38.3 Å². The van der Waals surface area contributed by atoms with E-state index in [-0.39, 0.29) is 11.6 Å². The fourth-order valence-electron chi connectivity index (χ4n) is 2.34. The summed E-state index contributed by atoms with van der Waals surface area (Å²) >= 11 is 0. The van der Waals surface area contributed by atoms with Crippen molar-refractivity contribution in [2.75, 3.05) is 26.3 Å². The maximum Gasteiger partial charge on any atom is 0.0594 e. The van der Waals surface area contributed by atoms with Gasteiger partial charge in [-0.3, -0.25) is 16.2 Å². The van der Waals surface area contributed by atoms with E-state index < -0.39 is 0 Å². The Kier molecular flexibility index (Phi) is 5.23. The van der Waals surface area contributed by atoms with Crippen LogP contribution in [0.3, 0.4) is 0 Å². The predicted molar refractivity (Wildman–Crippen MR) is 65.6 cm³/mol. The number of nitrogens with zero attached hydrogens (tertiary/aromatic N) is 1. The van der Waals surface area contributed by atoms with Gasteiger partial charge in [-0.2, -0.15) is 0 Å². The Balaban J connectivity index is 2.76. The van der Waals surface area contributed by atoms with Gasteiger partial charge in [0.15, 0.2) is 0 Å². The number of nitrogens with two attached hydrogens (primary N) is 1. The summed E-state index contributed by atoms with van der Waals surface area (Å²) in [6, 6.07) is 0.126. The van der Waals surface area contributed by atoms with Crippen LogP contribution in [0.1, 0.15) is 26.7 Å². The lowest BCUT2D eigenvalue weighted by molar-refractivity contribution is -0.0316. The highest BCUT2D eigenvalue weighted by molar-refractivity contribution is 5.02. The van der Waals surface area contributed by atoms with E-state index >= 15 is 0 Å². The highest BCUT2D eigenvalue weighted by Gasteiger charge is 2.37. The average molecular weight is 225 g/mol. The van der Waals surface area contributed by atoms with Crippen LogP contribution in [-0.2, 0) is 4.74 Å². The number of hydrazine groups is 1. The van der Waals surface area contributed by atoms with E-state index in [0.717, 1.165) is 32.7 Å². The lowest BCUT2D eigenvalue weighted by atomic mass is 9.85. The van der Waals surface area contributed by atoms with Crippen LogP contribution in [0.15, 0.2) is 0 Å². The first kappa shape index (κ1) is 13.5. The molecule has 0 bridgehead atoms. The van der Waals surface area contributed by atoms with Gasteiger partial charge in [-0.1, -0.05) is 6.92 Å². The molecule has 1 aliphatic rings. The second-order valence-corrected chi connectivity index (χ2v) is 4.44. The van der Waals surface area contributed by atoms with E-state index in [9.17, 15) is 0 Å². The molecule has 0 spiro atoms. The molecule has 2 atom stereocenters. The van der Waals surface area contributed by atoms with E-state index in [1.165, 1.54) is 0 Å². The summed E-state index contributed by atoms with van der Waals surface area (Å²) in [6.07, 6.45) is 7.07. The van der Waals surface area contributed by atoms with Crippen molar-refractivity contribution in [3.63, 3.8) is 0 Å². The molecule has 0 saturated carbocycles. The summed E-state index contributed by atoms with van der Waals surface area (Å²) < 4.78 is 5.38. The van der Waals surface area contributed by atoms with Gasteiger partial charge in [0.1, 0.15) is 0 Å². The van der Waals surface area contributed by atoms with Gasteiger partial charge in [0, 0.05) is 25.0 Å². The number of terminal acetylenes is 1. The van der Waals surface area contributed by atoms with E-state index in [1.807, 2.05) is 0 Å². The van der Waals surface area contributed by atoms with Crippen molar-refractivity contribution < 1.29 is 4.74 Å². The summed E-state index contributed by atoms with van der Waals surface area (Å²) in [7, 11) is 0. The number of morpholine rings is 1. The zero-order valence-corrected chi connectivity index (χ0v) is 10.3. The molecule has 2 unspecified atom stereocenters. The number of rotatable bonds is 5. The van der Waals surface area contributed by atoms with Crippen molar-refractivity contribution >= 4 is 0 Å². The Bertz CT molecular complexity index is 245. The van der Waals surface area contributed by atoms with Gasteiger partial charge in [0.05, 0.1) is 19.3 Å². The number of hydrogen-bond acceptors (Lipinski definition) is 4. The molecule has 1 rings (SSSR count). The molecule has 3 N–H and O–H groups in total. The Morgan fingerprint density at radius 3 is 2.62 bits per heavy atom. The highest BCUT2D eigenvalue weighted by Crippen LogP contribution is 2.26. The predicted octanol–water partition coefficient (Wildman–Crippen LogP) is 0.343. The SMILES string of the molecule is C#CCC(NN)C(C)(CC)N1CCOCC1. The molecule has 92 valence electrons. The molecule has 0 amide bonds. The third kappa shape index (κ3) is 2.74. The van der Waals surface area contributed by atoms with Crippen molar-refractivity contribution in [1.29, 1.82) is 0 Å². The second-order valence-electron chi connectivity index (χ2n) is 4.44. The van der Waals surface area contributed by atoms with Crippen LogP contribution in [0.4, 0.5) is 0 Å². The molecule has 0 aromatic carbocycles. The fourth-order valence-corrected chi connectivity index (χ4v) is 2.34. The zero-order valence-electron chi connectivity index (χ0n) is 10.3. The van der Waals surface area contributed by atoms with Gasteiger partial charge in [0.2, 0.25) is 0 Å². The van der Waals surface area contributed by atoms with E-state index in [1.54, 1.807) is 0 Å². The van der Waals surface area contributed by atoms with Crippen LogP contribution in [0, 0.1) is 12.3 Å². The van der Waals surface area contributed by atoms with Gasteiger partial charge in [-0.05, 0) is 13.3 Å². The molecule has 1 fully saturated rings.